The molecule has 0 saturated carbocycles. The lowest BCUT2D eigenvalue weighted by molar-refractivity contribution is -0.123. The van der Waals surface area contributed by atoms with Crippen molar-refractivity contribution in [3.05, 3.63) is 65.5 Å². The van der Waals surface area contributed by atoms with Crippen LogP contribution in [-0.4, -0.2) is 28.9 Å². The monoisotopic (exact) mass is 366 g/mol. The van der Waals surface area contributed by atoms with Crippen molar-refractivity contribution in [2.24, 2.45) is 10.3 Å². The minimum Gasteiger partial charge on any atom is -0.271 e. The predicted molar refractivity (Wildman–Crippen MR) is 97.4 cm³/mol. The second kappa shape index (κ2) is 6.57. The van der Waals surface area contributed by atoms with Gasteiger partial charge in [-0.1, -0.05) is 43.3 Å². The van der Waals surface area contributed by atoms with Crippen molar-refractivity contribution in [3.63, 3.8) is 0 Å². The molecule has 0 bridgehead atoms. The highest BCUT2D eigenvalue weighted by molar-refractivity contribution is 6.25. The van der Waals surface area contributed by atoms with E-state index in [2.05, 4.69) is 36.3 Å². The Morgan fingerprint density at radius 1 is 1.00 bits per heavy atom. The third-order valence-electron chi connectivity index (χ3n) is 4.93. The van der Waals surface area contributed by atoms with Gasteiger partial charge in [0.05, 0.1) is 12.2 Å². The van der Waals surface area contributed by atoms with Crippen molar-refractivity contribution in [1.82, 2.24) is 5.01 Å². The van der Waals surface area contributed by atoms with Gasteiger partial charge < -0.3 is 0 Å². The summed E-state index contributed by atoms with van der Waals surface area (Å²) in [4.78, 5) is 26.6. The molecule has 1 saturated heterocycles. The van der Waals surface area contributed by atoms with Gasteiger partial charge in [0.1, 0.15) is 5.82 Å². The van der Waals surface area contributed by atoms with Crippen LogP contribution in [0.15, 0.2) is 58.9 Å². The SMILES string of the molecule is CC(C)c1ccc(CN2N=N[C@H]3C(=O)N(c4ccc(F)cc4)C(=O)[C@@H]32)cc1. The van der Waals surface area contributed by atoms with Crippen LogP contribution in [0, 0.1) is 5.82 Å². The molecule has 0 aromatic heterocycles. The fourth-order valence-corrected chi connectivity index (χ4v) is 3.39. The molecule has 0 unspecified atom stereocenters. The van der Waals surface area contributed by atoms with Gasteiger partial charge in [-0.3, -0.25) is 14.6 Å². The van der Waals surface area contributed by atoms with Crippen LogP contribution in [0.5, 0.6) is 0 Å². The quantitative estimate of drug-likeness (QED) is 0.779. The number of hydrogen-bond donors (Lipinski definition) is 0. The maximum Gasteiger partial charge on any atom is 0.263 e. The molecule has 7 heteroatoms. The third-order valence-corrected chi connectivity index (χ3v) is 4.93. The Kier molecular flexibility index (Phi) is 4.22. The van der Waals surface area contributed by atoms with Gasteiger partial charge in [0.25, 0.3) is 11.8 Å². The molecule has 2 aliphatic heterocycles. The van der Waals surface area contributed by atoms with Crippen LogP contribution < -0.4 is 4.90 Å². The average Bonchev–Trinajstić information content (AvgIpc) is 3.17. The normalized spacial score (nSPS) is 21.5. The zero-order valence-corrected chi connectivity index (χ0v) is 15.0. The fraction of sp³-hybridized carbons (Fsp3) is 0.300. The lowest BCUT2D eigenvalue weighted by Gasteiger charge is -2.21. The summed E-state index contributed by atoms with van der Waals surface area (Å²) < 4.78 is 13.2. The zero-order valence-electron chi connectivity index (χ0n) is 15.0. The minimum absolute atomic E-state index is 0.345. The largest absolute Gasteiger partial charge is 0.271 e. The van der Waals surface area contributed by atoms with E-state index in [1.807, 2.05) is 12.1 Å². The Labute approximate surface area is 156 Å². The maximum absolute atomic E-state index is 13.2. The molecule has 4 rings (SSSR count). The van der Waals surface area contributed by atoms with Crippen LogP contribution in [0.3, 0.4) is 0 Å². The topological polar surface area (TPSA) is 65.3 Å². The summed E-state index contributed by atoms with van der Waals surface area (Å²) in [5.74, 6) is -0.809. The van der Waals surface area contributed by atoms with Crippen LogP contribution in [-0.2, 0) is 16.1 Å². The van der Waals surface area contributed by atoms with Crippen LogP contribution in [0.1, 0.15) is 30.9 Å². The molecule has 27 heavy (non-hydrogen) atoms. The number of fused-ring (bicyclic) bond motifs is 1. The Balaban J connectivity index is 1.55. The molecular weight excluding hydrogens is 347 g/mol. The van der Waals surface area contributed by atoms with E-state index in [1.54, 1.807) is 5.01 Å². The van der Waals surface area contributed by atoms with Gasteiger partial charge in [-0.05, 0) is 41.3 Å². The van der Waals surface area contributed by atoms with Gasteiger partial charge in [0.15, 0.2) is 12.1 Å². The Hall–Kier alpha value is -3.09. The first-order valence-electron chi connectivity index (χ1n) is 8.85. The van der Waals surface area contributed by atoms with Crippen LogP contribution in [0.25, 0.3) is 0 Å². The van der Waals surface area contributed by atoms with E-state index in [9.17, 15) is 14.0 Å². The van der Waals surface area contributed by atoms with Gasteiger partial charge in [-0.2, -0.15) is 5.11 Å². The highest BCUT2D eigenvalue weighted by Crippen LogP contribution is 2.32. The van der Waals surface area contributed by atoms with E-state index in [1.165, 1.54) is 29.8 Å². The number of imide groups is 1. The number of carbonyl (C=O) groups is 2. The minimum atomic E-state index is -0.850. The molecule has 6 nitrogen and oxygen atoms in total. The summed E-state index contributed by atoms with van der Waals surface area (Å²) in [7, 11) is 0. The van der Waals surface area contributed by atoms with E-state index in [0.717, 1.165) is 10.5 Å². The van der Waals surface area contributed by atoms with Gasteiger partial charge >= 0.3 is 0 Å². The predicted octanol–water partition coefficient (Wildman–Crippen LogP) is 3.44. The first-order valence-corrected chi connectivity index (χ1v) is 8.85. The second-order valence-corrected chi connectivity index (χ2v) is 7.08. The van der Waals surface area contributed by atoms with Gasteiger partial charge in [-0.25, -0.2) is 9.29 Å². The third kappa shape index (κ3) is 2.99. The van der Waals surface area contributed by atoms with E-state index in [4.69, 9.17) is 0 Å². The molecule has 2 aromatic carbocycles. The van der Waals surface area contributed by atoms with Crippen molar-refractivity contribution in [2.75, 3.05) is 4.90 Å². The van der Waals surface area contributed by atoms with Crippen molar-refractivity contribution in [2.45, 2.75) is 38.4 Å². The smallest absolute Gasteiger partial charge is 0.263 e. The summed E-state index contributed by atoms with van der Waals surface area (Å²) in [5.41, 5.74) is 2.56. The van der Waals surface area contributed by atoms with E-state index < -0.39 is 23.8 Å². The first-order chi connectivity index (χ1) is 13.0. The van der Waals surface area contributed by atoms with Gasteiger partial charge in [0.2, 0.25) is 0 Å². The number of carbonyl (C=O) groups excluding carboxylic acids is 2. The number of halogens is 1. The van der Waals surface area contributed by atoms with E-state index in [0.29, 0.717) is 18.2 Å². The van der Waals surface area contributed by atoms with E-state index >= 15 is 0 Å². The van der Waals surface area contributed by atoms with Gasteiger partial charge in [-0.15, -0.1) is 0 Å². The molecule has 2 heterocycles. The molecular formula is C20H19FN4O2. The molecule has 2 amide bonds. The van der Waals surface area contributed by atoms with Crippen molar-refractivity contribution in [1.29, 1.82) is 0 Å². The fourth-order valence-electron chi connectivity index (χ4n) is 3.39. The summed E-state index contributed by atoms with van der Waals surface area (Å²) in [6.45, 7) is 4.64. The van der Waals surface area contributed by atoms with Crippen LogP contribution in [0.2, 0.25) is 0 Å². The molecule has 0 aliphatic carbocycles. The van der Waals surface area contributed by atoms with Crippen molar-refractivity contribution < 1.29 is 14.0 Å². The summed E-state index contributed by atoms with van der Waals surface area (Å²) in [6, 6.07) is 11.8. The maximum atomic E-state index is 13.2. The molecule has 0 N–H and O–H groups in total. The standard InChI is InChI=1S/C20H19FN4O2/c1-12(2)14-5-3-13(4-6-14)11-24-18-17(22-23-24)19(26)25(20(18)27)16-9-7-15(21)8-10-16/h3-10,12,17-18H,11H2,1-2H3/t17-,18-/m1/s1. The number of rotatable bonds is 4. The molecule has 1 fully saturated rings. The molecule has 2 aromatic rings. The molecule has 138 valence electrons. The highest BCUT2D eigenvalue weighted by Gasteiger charge is 2.54. The Morgan fingerprint density at radius 2 is 1.67 bits per heavy atom. The average molecular weight is 366 g/mol. The number of nitrogens with zero attached hydrogens (tertiary/aromatic N) is 4. The lowest BCUT2D eigenvalue weighted by atomic mass is 10.0. The number of benzene rings is 2. The molecule has 0 spiro atoms. The van der Waals surface area contributed by atoms with Crippen molar-refractivity contribution >= 4 is 17.5 Å². The number of hydrogen-bond acceptors (Lipinski definition) is 5. The molecule has 0 radical (unpaired) electrons. The highest BCUT2D eigenvalue weighted by atomic mass is 19.1. The number of amides is 2. The first kappa shape index (κ1) is 17.3. The Bertz CT molecular complexity index is 909. The van der Waals surface area contributed by atoms with Crippen LogP contribution in [0.4, 0.5) is 10.1 Å². The van der Waals surface area contributed by atoms with Gasteiger partial charge in [0, 0.05) is 0 Å². The summed E-state index contributed by atoms with van der Waals surface area (Å²) in [5, 5.41) is 9.61. The zero-order chi connectivity index (χ0) is 19.1. The molecule has 2 aliphatic rings. The van der Waals surface area contributed by atoms with Crippen LogP contribution >= 0.6 is 0 Å². The Morgan fingerprint density at radius 3 is 2.30 bits per heavy atom. The number of anilines is 1. The van der Waals surface area contributed by atoms with Crippen molar-refractivity contribution in [3.8, 4) is 0 Å². The lowest BCUT2D eigenvalue weighted by Crippen LogP contribution is -2.39. The second-order valence-electron chi connectivity index (χ2n) is 7.08. The summed E-state index contributed by atoms with van der Waals surface area (Å²) >= 11 is 0. The summed E-state index contributed by atoms with van der Waals surface area (Å²) in [6.07, 6.45) is 0. The molecule has 2 atom stereocenters. The van der Waals surface area contributed by atoms with E-state index in [-0.39, 0.29) is 5.91 Å².